The van der Waals surface area contributed by atoms with Gasteiger partial charge in [-0.2, -0.15) is 15.3 Å². The number of anilines is 1. The van der Waals surface area contributed by atoms with Crippen LogP contribution in [0.3, 0.4) is 0 Å². The van der Waals surface area contributed by atoms with Gasteiger partial charge in [0.1, 0.15) is 12.3 Å². The number of oxime groups is 1. The van der Waals surface area contributed by atoms with Crippen molar-refractivity contribution in [1.82, 2.24) is 0 Å². The standard InChI is InChI=1S/C23H34N4O4/c1-6-8-9-13-20(26-31-7-2)22(18-15-16-18)25-24-17(3)19-12-10-11-14-21(19)27(30-5)23(28)29-4/h10-12,14,18H,6-9,13,15-16H2,1-5H3/b24-17+,25-22+,26-20+. The number of methoxy groups -OCH3 is 1. The van der Waals surface area contributed by atoms with Crippen LogP contribution in [0, 0.1) is 5.92 Å². The number of amides is 1. The summed E-state index contributed by atoms with van der Waals surface area (Å²) in [6.45, 7) is 6.47. The first-order valence-corrected chi connectivity index (χ1v) is 10.9. The van der Waals surface area contributed by atoms with Crippen molar-refractivity contribution in [2.75, 3.05) is 25.9 Å². The van der Waals surface area contributed by atoms with Crippen molar-refractivity contribution < 1.29 is 19.2 Å². The molecule has 0 aliphatic heterocycles. The van der Waals surface area contributed by atoms with Crippen molar-refractivity contribution in [2.24, 2.45) is 21.3 Å². The number of unbranched alkanes of at least 4 members (excludes halogenated alkanes) is 2. The van der Waals surface area contributed by atoms with Crippen LogP contribution in [0.5, 0.6) is 0 Å². The summed E-state index contributed by atoms with van der Waals surface area (Å²) in [5.41, 5.74) is 3.70. The first kappa shape index (κ1) is 24.5. The van der Waals surface area contributed by atoms with Gasteiger partial charge in [0, 0.05) is 11.5 Å². The van der Waals surface area contributed by atoms with E-state index in [1.54, 1.807) is 6.07 Å². The average Bonchev–Trinajstić information content (AvgIpc) is 3.63. The van der Waals surface area contributed by atoms with E-state index in [1.807, 2.05) is 32.0 Å². The van der Waals surface area contributed by atoms with E-state index < -0.39 is 6.09 Å². The molecule has 1 aromatic rings. The lowest BCUT2D eigenvalue weighted by Crippen LogP contribution is -2.30. The molecular weight excluding hydrogens is 396 g/mol. The Morgan fingerprint density at radius 3 is 2.48 bits per heavy atom. The molecule has 1 saturated carbocycles. The second-order valence-corrected chi connectivity index (χ2v) is 7.32. The van der Waals surface area contributed by atoms with E-state index in [9.17, 15) is 4.79 Å². The number of carbonyl (C=O) groups is 1. The van der Waals surface area contributed by atoms with E-state index in [0.717, 1.165) is 60.6 Å². The van der Waals surface area contributed by atoms with Gasteiger partial charge in [-0.1, -0.05) is 43.1 Å². The van der Waals surface area contributed by atoms with Gasteiger partial charge in [0.25, 0.3) is 0 Å². The molecule has 8 heteroatoms. The maximum atomic E-state index is 12.1. The predicted octanol–water partition coefficient (Wildman–Crippen LogP) is 5.37. The highest BCUT2D eigenvalue weighted by atomic mass is 16.7. The summed E-state index contributed by atoms with van der Waals surface area (Å²) in [5.74, 6) is 0.373. The summed E-state index contributed by atoms with van der Waals surface area (Å²) < 4.78 is 4.81. The predicted molar refractivity (Wildman–Crippen MR) is 124 cm³/mol. The molecule has 1 aliphatic rings. The Bertz CT molecular complexity index is 816. The number of rotatable bonds is 12. The van der Waals surface area contributed by atoms with Crippen molar-refractivity contribution in [3.63, 3.8) is 0 Å². The molecule has 0 aromatic heterocycles. The summed E-state index contributed by atoms with van der Waals surface area (Å²) in [6.07, 6.45) is 5.70. The number of hydrogen-bond acceptors (Lipinski definition) is 7. The van der Waals surface area contributed by atoms with Gasteiger partial charge in [-0.15, -0.1) is 0 Å². The average molecular weight is 431 g/mol. The minimum atomic E-state index is -0.619. The fourth-order valence-electron chi connectivity index (χ4n) is 3.13. The number of para-hydroxylation sites is 1. The summed E-state index contributed by atoms with van der Waals surface area (Å²) in [7, 11) is 2.72. The molecule has 1 aliphatic carbocycles. The number of carbonyl (C=O) groups excluding carboxylic acids is 1. The Balaban J connectivity index is 2.36. The van der Waals surface area contributed by atoms with Gasteiger partial charge in [-0.05, 0) is 45.6 Å². The van der Waals surface area contributed by atoms with E-state index in [1.165, 1.54) is 14.2 Å². The third-order valence-electron chi connectivity index (χ3n) is 4.92. The summed E-state index contributed by atoms with van der Waals surface area (Å²) in [6, 6.07) is 7.33. The summed E-state index contributed by atoms with van der Waals surface area (Å²) >= 11 is 0. The summed E-state index contributed by atoms with van der Waals surface area (Å²) in [5, 5.41) is 14.5. The molecule has 8 nitrogen and oxygen atoms in total. The Morgan fingerprint density at radius 1 is 1.13 bits per heavy atom. The molecule has 0 heterocycles. The molecule has 1 fully saturated rings. The molecule has 0 atom stereocenters. The van der Waals surface area contributed by atoms with E-state index in [0.29, 0.717) is 23.9 Å². The van der Waals surface area contributed by atoms with Gasteiger partial charge in [-0.3, -0.25) is 4.84 Å². The van der Waals surface area contributed by atoms with Crippen molar-refractivity contribution in [3.8, 4) is 0 Å². The van der Waals surface area contributed by atoms with Crippen molar-refractivity contribution in [3.05, 3.63) is 29.8 Å². The highest BCUT2D eigenvalue weighted by Gasteiger charge is 2.31. The van der Waals surface area contributed by atoms with Crippen LogP contribution in [-0.2, 0) is 14.4 Å². The van der Waals surface area contributed by atoms with E-state index in [4.69, 9.17) is 14.4 Å². The van der Waals surface area contributed by atoms with Crippen molar-refractivity contribution >= 4 is 28.9 Å². The number of ether oxygens (including phenoxy) is 1. The number of benzene rings is 1. The van der Waals surface area contributed by atoms with Gasteiger partial charge >= 0.3 is 6.09 Å². The topological polar surface area (TPSA) is 85.1 Å². The Kier molecular flexibility index (Phi) is 10.2. The van der Waals surface area contributed by atoms with Crippen molar-refractivity contribution in [1.29, 1.82) is 0 Å². The lowest BCUT2D eigenvalue weighted by molar-refractivity contribution is 0.115. The molecule has 0 spiro atoms. The van der Waals surface area contributed by atoms with Crippen LogP contribution in [-0.4, -0.2) is 44.1 Å². The lowest BCUT2D eigenvalue weighted by Gasteiger charge is -2.20. The molecule has 31 heavy (non-hydrogen) atoms. The molecule has 0 radical (unpaired) electrons. The monoisotopic (exact) mass is 430 g/mol. The van der Waals surface area contributed by atoms with Gasteiger partial charge in [0.05, 0.1) is 31.3 Å². The number of hydroxylamine groups is 1. The second kappa shape index (κ2) is 12.8. The fourth-order valence-corrected chi connectivity index (χ4v) is 3.13. The van der Waals surface area contributed by atoms with Gasteiger partial charge in [0.2, 0.25) is 0 Å². The van der Waals surface area contributed by atoms with Crippen LogP contribution in [0.2, 0.25) is 0 Å². The van der Waals surface area contributed by atoms with Crippen LogP contribution in [0.15, 0.2) is 39.6 Å². The molecule has 0 saturated heterocycles. The molecule has 170 valence electrons. The smallest absolute Gasteiger partial charge is 0.438 e. The Labute approximate surface area is 184 Å². The number of hydrogen-bond donors (Lipinski definition) is 0. The third kappa shape index (κ3) is 7.17. The van der Waals surface area contributed by atoms with Crippen LogP contribution in [0.1, 0.15) is 64.9 Å². The maximum absolute atomic E-state index is 12.1. The molecule has 1 amide bonds. The maximum Gasteiger partial charge on any atom is 0.438 e. The minimum absolute atomic E-state index is 0.373. The normalized spacial score (nSPS) is 15.1. The molecule has 1 aromatic carbocycles. The van der Waals surface area contributed by atoms with Gasteiger partial charge in [0.15, 0.2) is 0 Å². The minimum Gasteiger partial charge on any atom is -0.451 e. The number of nitrogens with zero attached hydrogens (tertiary/aromatic N) is 4. The second-order valence-electron chi connectivity index (χ2n) is 7.32. The first-order valence-electron chi connectivity index (χ1n) is 10.9. The lowest BCUT2D eigenvalue weighted by atomic mass is 10.0. The van der Waals surface area contributed by atoms with E-state index in [-0.39, 0.29) is 0 Å². The zero-order valence-corrected chi connectivity index (χ0v) is 19.3. The third-order valence-corrected chi connectivity index (χ3v) is 4.92. The molecule has 0 bridgehead atoms. The molecule has 0 N–H and O–H groups in total. The molecular formula is C23H34N4O4. The fraction of sp³-hybridized carbons (Fsp3) is 0.565. The Hall–Kier alpha value is -2.74. The van der Waals surface area contributed by atoms with E-state index in [2.05, 4.69) is 22.3 Å². The SMILES string of the molecule is CCCCCC(=N\OCC)/C(=N/N=C(\C)c1ccccc1N(OC)C(=O)OC)C1CC1. The zero-order chi connectivity index (χ0) is 22.6. The highest BCUT2D eigenvalue weighted by Crippen LogP contribution is 2.32. The van der Waals surface area contributed by atoms with Gasteiger partial charge < -0.3 is 9.57 Å². The molecule has 0 unspecified atom stereocenters. The zero-order valence-electron chi connectivity index (χ0n) is 19.3. The quantitative estimate of drug-likeness (QED) is 0.253. The largest absolute Gasteiger partial charge is 0.451 e. The highest BCUT2D eigenvalue weighted by molar-refractivity contribution is 6.43. The van der Waals surface area contributed by atoms with Crippen molar-refractivity contribution in [2.45, 2.75) is 59.3 Å². The van der Waals surface area contributed by atoms with Crippen LogP contribution < -0.4 is 5.06 Å². The van der Waals surface area contributed by atoms with E-state index >= 15 is 0 Å². The van der Waals surface area contributed by atoms with Gasteiger partial charge in [-0.25, -0.2) is 4.79 Å². The van der Waals surface area contributed by atoms with Crippen LogP contribution in [0.4, 0.5) is 10.5 Å². The van der Waals surface area contributed by atoms with Crippen LogP contribution in [0.25, 0.3) is 0 Å². The first-order chi connectivity index (χ1) is 15.1. The Morgan fingerprint density at radius 2 is 1.87 bits per heavy atom. The van der Waals surface area contributed by atoms with Crippen LogP contribution >= 0.6 is 0 Å². The summed E-state index contributed by atoms with van der Waals surface area (Å²) in [4.78, 5) is 22.7. The molecule has 2 rings (SSSR count).